The minimum atomic E-state index is -3.50. The highest BCUT2D eigenvalue weighted by atomic mass is 32.2. The van der Waals surface area contributed by atoms with Gasteiger partial charge in [0.15, 0.2) is 0 Å². The molecule has 0 heterocycles. The van der Waals surface area contributed by atoms with Crippen LogP contribution < -0.4 is 9.44 Å². The van der Waals surface area contributed by atoms with Gasteiger partial charge in [0.25, 0.3) is 10.2 Å². The lowest BCUT2D eigenvalue weighted by Gasteiger charge is -2.46. The molecule has 1 saturated carbocycles. The molecular formula is C12H24N2O4S. The van der Waals surface area contributed by atoms with Crippen molar-refractivity contribution in [2.45, 2.75) is 46.6 Å². The van der Waals surface area contributed by atoms with Gasteiger partial charge in [-0.2, -0.15) is 13.1 Å². The lowest BCUT2D eigenvalue weighted by atomic mass is 9.61. The molecule has 7 heteroatoms. The van der Waals surface area contributed by atoms with Crippen LogP contribution in [0.5, 0.6) is 0 Å². The normalized spacial score (nSPS) is 31.1. The Hall–Kier alpha value is -0.660. The van der Waals surface area contributed by atoms with E-state index < -0.39 is 27.5 Å². The van der Waals surface area contributed by atoms with Gasteiger partial charge >= 0.3 is 5.97 Å². The second-order valence-corrected chi connectivity index (χ2v) is 7.34. The molecule has 0 radical (unpaired) electrons. The predicted octanol–water partition coefficient (Wildman–Crippen LogP) is 0.956. The Balaban J connectivity index is 2.84. The van der Waals surface area contributed by atoms with Crippen LogP contribution in [-0.2, 0) is 15.0 Å². The van der Waals surface area contributed by atoms with Crippen molar-refractivity contribution < 1.29 is 18.3 Å². The van der Waals surface area contributed by atoms with Crippen molar-refractivity contribution >= 4 is 16.2 Å². The molecule has 0 bridgehead atoms. The number of nitrogens with one attached hydrogen (secondary N) is 2. The van der Waals surface area contributed by atoms with Gasteiger partial charge in [0, 0.05) is 12.6 Å². The molecule has 0 aromatic rings. The molecule has 1 fully saturated rings. The molecule has 0 aromatic carbocycles. The van der Waals surface area contributed by atoms with E-state index in [1.54, 1.807) is 6.92 Å². The molecule has 0 spiro atoms. The lowest BCUT2D eigenvalue weighted by Crippen LogP contribution is -2.54. The van der Waals surface area contributed by atoms with Crippen LogP contribution in [0.1, 0.15) is 40.5 Å². The number of carboxylic acids is 1. The minimum Gasteiger partial charge on any atom is -0.481 e. The summed E-state index contributed by atoms with van der Waals surface area (Å²) in [7, 11) is -3.50. The van der Waals surface area contributed by atoms with E-state index in [4.69, 9.17) is 0 Å². The SMILES string of the molecule is CCNS(=O)(=O)NC1CCC(C(=O)O)C(C)(C)C1C. The van der Waals surface area contributed by atoms with Gasteiger partial charge in [0.1, 0.15) is 0 Å². The highest BCUT2D eigenvalue weighted by molar-refractivity contribution is 7.87. The summed E-state index contributed by atoms with van der Waals surface area (Å²) >= 11 is 0. The molecule has 3 atom stereocenters. The van der Waals surface area contributed by atoms with Gasteiger partial charge in [-0.25, -0.2) is 4.72 Å². The second-order valence-electron chi connectivity index (χ2n) is 5.80. The van der Waals surface area contributed by atoms with Gasteiger partial charge in [-0.05, 0) is 24.2 Å². The first kappa shape index (κ1) is 16.4. The number of aliphatic carboxylic acids is 1. The third-order valence-corrected chi connectivity index (χ3v) is 5.66. The Bertz CT molecular complexity index is 433. The zero-order chi connectivity index (χ0) is 14.8. The summed E-state index contributed by atoms with van der Waals surface area (Å²) in [6, 6.07) is -0.227. The number of carboxylic acid groups (broad SMARTS) is 1. The first-order valence-electron chi connectivity index (χ1n) is 6.61. The zero-order valence-electron chi connectivity index (χ0n) is 11.9. The average molecular weight is 292 g/mol. The lowest BCUT2D eigenvalue weighted by molar-refractivity contribution is -0.150. The molecule has 1 aliphatic carbocycles. The minimum absolute atomic E-state index is 0.0456. The maximum absolute atomic E-state index is 11.7. The van der Waals surface area contributed by atoms with Gasteiger partial charge in [-0.1, -0.05) is 27.7 Å². The van der Waals surface area contributed by atoms with Crippen molar-refractivity contribution in [2.24, 2.45) is 17.3 Å². The average Bonchev–Trinajstić information content (AvgIpc) is 2.24. The maximum Gasteiger partial charge on any atom is 0.307 e. The van der Waals surface area contributed by atoms with Gasteiger partial charge in [0.05, 0.1) is 5.92 Å². The Morgan fingerprint density at radius 1 is 1.37 bits per heavy atom. The number of hydrogen-bond acceptors (Lipinski definition) is 3. The van der Waals surface area contributed by atoms with E-state index in [1.165, 1.54) is 0 Å². The fourth-order valence-corrected chi connectivity index (χ4v) is 4.02. The van der Waals surface area contributed by atoms with Crippen molar-refractivity contribution in [3.05, 3.63) is 0 Å². The molecule has 3 N–H and O–H groups in total. The van der Waals surface area contributed by atoms with E-state index in [-0.39, 0.29) is 12.0 Å². The summed E-state index contributed by atoms with van der Waals surface area (Å²) in [6.45, 7) is 7.74. The summed E-state index contributed by atoms with van der Waals surface area (Å²) in [5.74, 6) is -1.27. The van der Waals surface area contributed by atoms with Crippen LogP contribution in [0.3, 0.4) is 0 Å². The first-order valence-corrected chi connectivity index (χ1v) is 8.10. The van der Waals surface area contributed by atoms with Crippen molar-refractivity contribution in [3.8, 4) is 0 Å². The monoisotopic (exact) mass is 292 g/mol. The third kappa shape index (κ3) is 3.67. The topological polar surface area (TPSA) is 95.5 Å². The quantitative estimate of drug-likeness (QED) is 0.703. The molecule has 1 aliphatic rings. The highest BCUT2D eigenvalue weighted by Gasteiger charge is 2.46. The molecule has 0 aliphatic heterocycles. The number of carbonyl (C=O) groups is 1. The van der Waals surface area contributed by atoms with Crippen LogP contribution in [0, 0.1) is 17.3 Å². The molecule has 0 amide bonds. The standard InChI is InChI=1S/C12H24N2O4S/c1-5-13-19(17,18)14-10-7-6-9(11(15)16)12(3,4)8(10)2/h8-10,13-14H,5-7H2,1-4H3,(H,15,16). The van der Waals surface area contributed by atoms with Crippen LogP contribution in [0.25, 0.3) is 0 Å². The molecule has 0 saturated heterocycles. The molecule has 1 rings (SSSR count). The zero-order valence-corrected chi connectivity index (χ0v) is 12.8. The fraction of sp³-hybridized carbons (Fsp3) is 0.917. The van der Waals surface area contributed by atoms with Crippen LogP contribution in [-0.4, -0.2) is 32.1 Å². The summed E-state index contributed by atoms with van der Waals surface area (Å²) < 4.78 is 28.5. The van der Waals surface area contributed by atoms with Gasteiger partial charge in [0.2, 0.25) is 0 Å². The Kier molecular flexibility index (Phi) is 4.97. The first-order chi connectivity index (χ1) is 8.62. The van der Waals surface area contributed by atoms with Gasteiger partial charge in [-0.3, -0.25) is 4.79 Å². The summed E-state index contributed by atoms with van der Waals surface area (Å²) in [6.07, 6.45) is 1.04. The van der Waals surface area contributed by atoms with Crippen molar-refractivity contribution in [3.63, 3.8) is 0 Å². The molecule has 19 heavy (non-hydrogen) atoms. The van der Waals surface area contributed by atoms with E-state index >= 15 is 0 Å². The molecule has 3 unspecified atom stereocenters. The molecular weight excluding hydrogens is 268 g/mol. The molecule has 6 nitrogen and oxygen atoms in total. The molecule has 0 aromatic heterocycles. The predicted molar refractivity (Wildman–Crippen MR) is 72.8 cm³/mol. The van der Waals surface area contributed by atoms with E-state index in [2.05, 4.69) is 9.44 Å². The maximum atomic E-state index is 11.7. The number of rotatable bonds is 5. The van der Waals surface area contributed by atoms with E-state index in [1.807, 2.05) is 20.8 Å². The third-order valence-electron chi connectivity index (χ3n) is 4.38. The smallest absolute Gasteiger partial charge is 0.307 e. The van der Waals surface area contributed by atoms with Gasteiger partial charge in [-0.15, -0.1) is 0 Å². The number of hydrogen-bond donors (Lipinski definition) is 3. The second kappa shape index (κ2) is 5.76. The fourth-order valence-electron chi connectivity index (χ4n) is 2.84. The van der Waals surface area contributed by atoms with Crippen LogP contribution in [0.2, 0.25) is 0 Å². The largest absolute Gasteiger partial charge is 0.481 e. The summed E-state index contributed by atoms with van der Waals surface area (Å²) in [5, 5.41) is 9.24. The van der Waals surface area contributed by atoms with Gasteiger partial charge < -0.3 is 5.11 Å². The Morgan fingerprint density at radius 2 is 1.95 bits per heavy atom. The highest BCUT2D eigenvalue weighted by Crippen LogP contribution is 2.45. The summed E-state index contributed by atoms with van der Waals surface area (Å²) in [4.78, 5) is 11.3. The summed E-state index contributed by atoms with van der Waals surface area (Å²) in [5.41, 5.74) is -0.441. The van der Waals surface area contributed by atoms with Crippen molar-refractivity contribution in [1.82, 2.24) is 9.44 Å². The van der Waals surface area contributed by atoms with E-state index in [0.29, 0.717) is 19.4 Å². The van der Waals surface area contributed by atoms with Crippen LogP contribution >= 0.6 is 0 Å². The Morgan fingerprint density at radius 3 is 2.42 bits per heavy atom. The van der Waals surface area contributed by atoms with E-state index in [9.17, 15) is 18.3 Å². The molecule has 112 valence electrons. The Labute approximate surface area is 115 Å². The van der Waals surface area contributed by atoms with Crippen molar-refractivity contribution in [1.29, 1.82) is 0 Å². The van der Waals surface area contributed by atoms with Crippen LogP contribution in [0.4, 0.5) is 0 Å². The van der Waals surface area contributed by atoms with E-state index in [0.717, 1.165) is 0 Å². The van der Waals surface area contributed by atoms with Crippen molar-refractivity contribution in [2.75, 3.05) is 6.54 Å². The van der Waals surface area contributed by atoms with Crippen LogP contribution in [0.15, 0.2) is 0 Å².